The first-order valence-electron chi connectivity index (χ1n) is 5.18. The first-order chi connectivity index (χ1) is 8.68. The first-order valence-corrected chi connectivity index (χ1v) is 5.56. The number of ketones is 1. The Kier molecular flexibility index (Phi) is 2.38. The lowest BCUT2D eigenvalue weighted by atomic mass is 10.1. The summed E-state index contributed by atoms with van der Waals surface area (Å²) >= 11 is 5.96. The van der Waals surface area contributed by atoms with Crippen molar-refractivity contribution in [1.82, 2.24) is 24.4 Å². The summed E-state index contributed by atoms with van der Waals surface area (Å²) in [5.41, 5.74) is 1.43. The van der Waals surface area contributed by atoms with Crippen molar-refractivity contribution < 1.29 is 4.79 Å². The average molecular weight is 262 g/mol. The Morgan fingerprint density at radius 1 is 1.28 bits per heavy atom. The minimum Gasteiger partial charge on any atom is -0.287 e. The van der Waals surface area contributed by atoms with E-state index in [9.17, 15) is 4.79 Å². The van der Waals surface area contributed by atoms with Crippen molar-refractivity contribution in [2.45, 2.75) is 0 Å². The van der Waals surface area contributed by atoms with Crippen LogP contribution in [0.1, 0.15) is 16.1 Å². The van der Waals surface area contributed by atoms with Crippen LogP contribution < -0.4 is 0 Å². The molecular weight excluding hydrogens is 254 g/mol. The van der Waals surface area contributed by atoms with Gasteiger partial charge in [0, 0.05) is 19.4 Å². The summed E-state index contributed by atoms with van der Waals surface area (Å²) < 4.78 is 3.04. The number of nitrogens with zero attached hydrogens (tertiary/aromatic N) is 5. The molecule has 3 rings (SSSR count). The molecular formula is C11H8ClN5O. The molecule has 0 aliphatic heterocycles. The van der Waals surface area contributed by atoms with Crippen LogP contribution >= 0.6 is 11.6 Å². The van der Waals surface area contributed by atoms with Gasteiger partial charge in [-0.15, -0.1) is 0 Å². The van der Waals surface area contributed by atoms with Crippen LogP contribution in [0.2, 0.25) is 5.02 Å². The number of hydrogen-bond acceptors (Lipinski definition) is 4. The largest absolute Gasteiger partial charge is 0.287 e. The van der Waals surface area contributed by atoms with Gasteiger partial charge in [-0.25, -0.2) is 4.52 Å². The molecule has 0 atom stereocenters. The van der Waals surface area contributed by atoms with E-state index in [1.165, 1.54) is 17.1 Å². The molecule has 0 radical (unpaired) electrons. The average Bonchev–Trinajstić information content (AvgIpc) is 2.93. The van der Waals surface area contributed by atoms with Crippen LogP contribution in [0.4, 0.5) is 0 Å². The molecule has 0 fully saturated rings. The van der Waals surface area contributed by atoms with Crippen molar-refractivity contribution in [2.24, 2.45) is 7.05 Å². The smallest absolute Gasteiger partial charge is 0.216 e. The van der Waals surface area contributed by atoms with E-state index in [1.807, 2.05) is 0 Å². The number of hydrogen-bond donors (Lipinski definition) is 0. The monoisotopic (exact) mass is 261 g/mol. The summed E-state index contributed by atoms with van der Waals surface area (Å²) in [6, 6.07) is 0. The highest BCUT2D eigenvalue weighted by molar-refractivity contribution is 6.34. The van der Waals surface area contributed by atoms with Crippen molar-refractivity contribution in [3.8, 4) is 0 Å². The summed E-state index contributed by atoms with van der Waals surface area (Å²) in [6.45, 7) is 0. The number of aryl methyl sites for hydroxylation is 1. The second-order valence-corrected chi connectivity index (χ2v) is 4.17. The van der Waals surface area contributed by atoms with Crippen LogP contribution in [0, 0.1) is 0 Å². The Hall–Kier alpha value is -2.21. The lowest BCUT2D eigenvalue weighted by Gasteiger charge is -2.00. The lowest BCUT2D eigenvalue weighted by molar-refractivity contribution is 0.103. The summed E-state index contributed by atoms with van der Waals surface area (Å²) in [5.74, 6) is -0.219. The van der Waals surface area contributed by atoms with E-state index in [-0.39, 0.29) is 5.78 Å². The van der Waals surface area contributed by atoms with Gasteiger partial charge < -0.3 is 0 Å². The van der Waals surface area contributed by atoms with Gasteiger partial charge in [-0.3, -0.25) is 14.5 Å². The second-order valence-electron chi connectivity index (χ2n) is 3.76. The fraction of sp³-hybridized carbons (Fsp3) is 0.0909. The van der Waals surface area contributed by atoms with Crippen LogP contribution in [0.5, 0.6) is 0 Å². The van der Waals surface area contributed by atoms with Gasteiger partial charge in [-0.05, 0) is 0 Å². The molecule has 3 aromatic rings. The van der Waals surface area contributed by atoms with Gasteiger partial charge in [0.1, 0.15) is 5.69 Å². The Labute approximate surface area is 107 Å². The summed E-state index contributed by atoms with van der Waals surface area (Å²) in [5, 5.41) is 8.37. The molecule has 90 valence electrons. The molecule has 0 aromatic carbocycles. The van der Waals surface area contributed by atoms with Crippen molar-refractivity contribution in [2.75, 3.05) is 0 Å². The molecule has 6 nitrogen and oxygen atoms in total. The maximum absolute atomic E-state index is 12.4. The van der Waals surface area contributed by atoms with Gasteiger partial charge in [0.15, 0.2) is 0 Å². The van der Waals surface area contributed by atoms with Crippen LogP contribution in [0.3, 0.4) is 0 Å². The number of aromatic nitrogens is 5. The zero-order valence-corrected chi connectivity index (χ0v) is 10.2. The third kappa shape index (κ3) is 1.50. The molecule has 0 N–H and O–H groups in total. The molecule has 0 amide bonds. The van der Waals surface area contributed by atoms with Gasteiger partial charge in [0.25, 0.3) is 0 Å². The van der Waals surface area contributed by atoms with E-state index in [2.05, 4.69) is 15.2 Å². The number of fused-ring (bicyclic) bond motifs is 1. The fourth-order valence-corrected chi connectivity index (χ4v) is 2.05. The molecule has 7 heteroatoms. The van der Waals surface area contributed by atoms with E-state index in [4.69, 9.17) is 11.6 Å². The van der Waals surface area contributed by atoms with Crippen molar-refractivity contribution in [3.05, 3.63) is 47.3 Å². The predicted octanol–water partition coefficient (Wildman–Crippen LogP) is 1.35. The maximum atomic E-state index is 12.4. The maximum Gasteiger partial charge on any atom is 0.216 e. The molecule has 0 saturated carbocycles. The highest BCUT2D eigenvalue weighted by Crippen LogP contribution is 2.20. The summed E-state index contributed by atoms with van der Waals surface area (Å²) in [4.78, 5) is 16.4. The SMILES string of the molecule is Cn1ncc(Cl)c1C(=O)c1cnn2ccncc12. The molecule has 0 bridgehead atoms. The molecule has 0 aliphatic carbocycles. The summed E-state index contributed by atoms with van der Waals surface area (Å²) in [7, 11) is 1.67. The number of halogens is 1. The van der Waals surface area contributed by atoms with E-state index in [0.717, 1.165) is 0 Å². The van der Waals surface area contributed by atoms with Gasteiger partial charge in [0.2, 0.25) is 5.78 Å². The Morgan fingerprint density at radius 2 is 2.11 bits per heavy atom. The van der Waals surface area contributed by atoms with Gasteiger partial charge in [-0.2, -0.15) is 10.2 Å². The minimum absolute atomic E-state index is 0.219. The molecule has 0 spiro atoms. The van der Waals surface area contributed by atoms with E-state index >= 15 is 0 Å². The van der Waals surface area contributed by atoms with Crippen molar-refractivity contribution >= 4 is 22.9 Å². The molecule has 0 unspecified atom stereocenters. The molecule has 3 heterocycles. The molecule has 18 heavy (non-hydrogen) atoms. The van der Waals surface area contributed by atoms with Gasteiger partial charge >= 0.3 is 0 Å². The highest BCUT2D eigenvalue weighted by Gasteiger charge is 2.21. The predicted molar refractivity (Wildman–Crippen MR) is 64.6 cm³/mol. The fourth-order valence-electron chi connectivity index (χ4n) is 1.80. The number of rotatable bonds is 2. The van der Waals surface area contributed by atoms with Crippen molar-refractivity contribution in [1.29, 1.82) is 0 Å². The third-order valence-corrected chi connectivity index (χ3v) is 2.96. The normalized spacial score (nSPS) is 11.0. The first kappa shape index (κ1) is 10.9. The Balaban J connectivity index is 2.19. The quantitative estimate of drug-likeness (QED) is 0.653. The summed E-state index contributed by atoms with van der Waals surface area (Å²) in [6.07, 6.45) is 7.81. The van der Waals surface area contributed by atoms with E-state index in [0.29, 0.717) is 21.8 Å². The Morgan fingerprint density at radius 3 is 2.83 bits per heavy atom. The second kappa shape index (κ2) is 3.92. The van der Waals surface area contributed by atoms with E-state index in [1.54, 1.807) is 30.2 Å². The highest BCUT2D eigenvalue weighted by atomic mass is 35.5. The van der Waals surface area contributed by atoms with Crippen LogP contribution in [-0.4, -0.2) is 30.2 Å². The van der Waals surface area contributed by atoms with Crippen LogP contribution in [0.25, 0.3) is 5.52 Å². The van der Waals surface area contributed by atoms with Crippen LogP contribution in [0.15, 0.2) is 31.0 Å². The van der Waals surface area contributed by atoms with Crippen LogP contribution in [-0.2, 0) is 7.05 Å². The van der Waals surface area contributed by atoms with Gasteiger partial charge in [-0.1, -0.05) is 11.6 Å². The third-order valence-electron chi connectivity index (χ3n) is 2.68. The number of carbonyl (C=O) groups is 1. The lowest BCUT2D eigenvalue weighted by Crippen LogP contribution is -2.08. The Bertz CT molecular complexity index is 725. The minimum atomic E-state index is -0.219. The molecule has 0 saturated heterocycles. The standard InChI is InChI=1S/C11H8ClN5O/c1-16-10(8(12)5-14-16)11(18)7-4-15-17-3-2-13-6-9(7)17/h2-6H,1H3. The topological polar surface area (TPSA) is 65.1 Å². The van der Waals surface area contributed by atoms with E-state index < -0.39 is 0 Å². The van der Waals surface area contributed by atoms with Gasteiger partial charge in [0.05, 0.1) is 34.7 Å². The number of carbonyl (C=O) groups excluding carboxylic acids is 1. The zero-order valence-electron chi connectivity index (χ0n) is 9.41. The van der Waals surface area contributed by atoms with Crippen molar-refractivity contribution in [3.63, 3.8) is 0 Å². The zero-order chi connectivity index (χ0) is 12.7. The molecule has 3 aromatic heterocycles. The molecule has 0 aliphatic rings.